The second-order valence-electron chi connectivity index (χ2n) is 5.09. The number of hydrogen-bond acceptors (Lipinski definition) is 7. The van der Waals surface area contributed by atoms with Gasteiger partial charge < -0.3 is 19.5 Å². The lowest BCUT2D eigenvalue weighted by molar-refractivity contribution is -0.136. The second-order valence-corrected chi connectivity index (χ2v) is 5.09. The second kappa shape index (κ2) is 6.12. The van der Waals surface area contributed by atoms with Crippen molar-refractivity contribution in [3.63, 3.8) is 0 Å². The fourth-order valence-corrected chi connectivity index (χ4v) is 2.68. The Hall–Kier alpha value is -2.83. The third kappa shape index (κ3) is 2.77. The molecule has 0 fully saturated rings. The molecule has 1 aromatic rings. The summed E-state index contributed by atoms with van der Waals surface area (Å²) in [6, 6.07) is 3.58. The van der Waals surface area contributed by atoms with Gasteiger partial charge in [-0.05, 0) is 25.5 Å². The zero-order chi connectivity index (χ0) is 16.4. The van der Waals surface area contributed by atoms with Gasteiger partial charge in [0, 0.05) is 12.4 Å². The van der Waals surface area contributed by atoms with E-state index in [9.17, 15) is 9.59 Å². The largest absolute Gasteiger partial charge is 0.513 e. The third-order valence-corrected chi connectivity index (χ3v) is 3.62. The van der Waals surface area contributed by atoms with Crippen molar-refractivity contribution in [2.24, 2.45) is 0 Å². The van der Waals surface area contributed by atoms with Crippen molar-refractivity contribution in [2.45, 2.75) is 19.8 Å². The van der Waals surface area contributed by atoms with Crippen LogP contribution in [-0.2, 0) is 19.0 Å². The molecule has 0 bridgehead atoms. The zero-order valence-electron chi connectivity index (χ0n) is 12.8. The van der Waals surface area contributed by atoms with Crippen LogP contribution in [0, 0.1) is 0 Å². The van der Waals surface area contributed by atoms with Gasteiger partial charge in [-0.3, -0.25) is 4.98 Å². The first-order valence-electron chi connectivity index (χ1n) is 7.24. The fourth-order valence-electron chi connectivity index (χ4n) is 2.68. The molecule has 0 saturated heterocycles. The Morgan fingerprint density at radius 1 is 1.52 bits per heavy atom. The zero-order valence-corrected chi connectivity index (χ0v) is 12.8. The smallest absolute Gasteiger partial charge is 0.456 e. The van der Waals surface area contributed by atoms with Gasteiger partial charge in [-0.1, -0.05) is 6.07 Å². The van der Waals surface area contributed by atoms with Crippen LogP contribution in [0.5, 0.6) is 0 Å². The van der Waals surface area contributed by atoms with Crippen LogP contribution in [0.15, 0.2) is 47.3 Å². The molecule has 0 aliphatic carbocycles. The molecule has 120 valence electrons. The third-order valence-electron chi connectivity index (χ3n) is 3.62. The Balaban J connectivity index is 2.03. The lowest BCUT2D eigenvalue weighted by Gasteiger charge is -2.27. The van der Waals surface area contributed by atoms with E-state index in [0.29, 0.717) is 22.7 Å². The van der Waals surface area contributed by atoms with E-state index in [1.54, 1.807) is 32.3 Å². The Labute approximate surface area is 132 Å². The molecule has 0 radical (unpaired) electrons. The van der Waals surface area contributed by atoms with Crippen LogP contribution in [-0.4, -0.2) is 30.3 Å². The molecule has 7 heteroatoms. The Bertz CT molecular complexity index is 708. The summed E-state index contributed by atoms with van der Waals surface area (Å²) in [4.78, 5) is 28.0. The number of allylic oxidation sites excluding steroid dienone is 2. The van der Waals surface area contributed by atoms with Crippen molar-refractivity contribution in [3.8, 4) is 0 Å². The molecule has 1 unspecified atom stereocenters. The first-order valence-corrected chi connectivity index (χ1v) is 7.24. The SMILES string of the molecule is CCOC(=O)OC1=C(C)NC2=C(C(=O)OC2)C1c1cccnc1. The molecule has 23 heavy (non-hydrogen) atoms. The topological polar surface area (TPSA) is 86.8 Å². The van der Waals surface area contributed by atoms with Gasteiger partial charge in [0.05, 0.1) is 29.5 Å². The van der Waals surface area contributed by atoms with Gasteiger partial charge in [-0.2, -0.15) is 0 Å². The van der Waals surface area contributed by atoms with Crippen LogP contribution in [0.2, 0.25) is 0 Å². The van der Waals surface area contributed by atoms with Crippen LogP contribution in [0.25, 0.3) is 0 Å². The van der Waals surface area contributed by atoms with Crippen LogP contribution in [0.4, 0.5) is 4.79 Å². The molecule has 0 saturated carbocycles. The number of nitrogens with one attached hydrogen (secondary N) is 1. The summed E-state index contributed by atoms with van der Waals surface area (Å²) in [5.74, 6) is -0.674. The van der Waals surface area contributed by atoms with Gasteiger partial charge in [0.25, 0.3) is 0 Å². The summed E-state index contributed by atoms with van der Waals surface area (Å²) < 4.78 is 15.3. The highest BCUT2D eigenvalue weighted by atomic mass is 16.7. The highest BCUT2D eigenvalue weighted by Gasteiger charge is 2.41. The van der Waals surface area contributed by atoms with Gasteiger partial charge in [0.2, 0.25) is 0 Å². The number of carbonyl (C=O) groups excluding carboxylic acids is 2. The molecular formula is C16H16N2O5. The molecule has 1 atom stereocenters. The number of cyclic esters (lactones) is 1. The van der Waals surface area contributed by atoms with E-state index in [2.05, 4.69) is 10.3 Å². The van der Waals surface area contributed by atoms with Crippen molar-refractivity contribution in [1.82, 2.24) is 10.3 Å². The Kier molecular flexibility index (Phi) is 4.01. The van der Waals surface area contributed by atoms with Crippen LogP contribution >= 0.6 is 0 Å². The first kappa shape index (κ1) is 15.1. The maximum atomic E-state index is 12.1. The minimum absolute atomic E-state index is 0.176. The van der Waals surface area contributed by atoms with Crippen molar-refractivity contribution in [1.29, 1.82) is 0 Å². The standard InChI is InChI=1S/C16H16N2O5/c1-3-21-16(20)23-14-9(2)18-11-8-22-15(19)13(11)12(14)10-5-4-6-17-7-10/h4-7,12,18H,3,8H2,1-2H3. The number of nitrogens with zero attached hydrogens (tertiary/aromatic N) is 1. The highest BCUT2D eigenvalue weighted by molar-refractivity contribution is 5.94. The predicted molar refractivity (Wildman–Crippen MR) is 78.9 cm³/mol. The normalized spacial score (nSPS) is 19.9. The number of hydrogen-bond donors (Lipinski definition) is 1. The average Bonchev–Trinajstić information content (AvgIpc) is 2.90. The molecule has 3 heterocycles. The van der Waals surface area contributed by atoms with E-state index >= 15 is 0 Å². The summed E-state index contributed by atoms with van der Waals surface area (Å²) in [6.45, 7) is 3.83. The maximum absolute atomic E-state index is 12.1. The quantitative estimate of drug-likeness (QED) is 0.853. The highest BCUT2D eigenvalue weighted by Crippen LogP contribution is 2.41. The molecule has 1 aromatic heterocycles. The number of aromatic nitrogens is 1. The van der Waals surface area contributed by atoms with Gasteiger partial charge in [0.15, 0.2) is 0 Å². The van der Waals surface area contributed by atoms with E-state index < -0.39 is 18.0 Å². The summed E-state index contributed by atoms with van der Waals surface area (Å²) in [5, 5.41) is 3.07. The predicted octanol–water partition coefficient (Wildman–Crippen LogP) is 1.98. The van der Waals surface area contributed by atoms with E-state index in [4.69, 9.17) is 14.2 Å². The van der Waals surface area contributed by atoms with Gasteiger partial charge in [0.1, 0.15) is 12.4 Å². The van der Waals surface area contributed by atoms with Crippen molar-refractivity contribution in [3.05, 3.63) is 52.8 Å². The molecule has 7 nitrogen and oxygen atoms in total. The monoisotopic (exact) mass is 316 g/mol. The number of rotatable bonds is 3. The van der Waals surface area contributed by atoms with Crippen LogP contribution in [0.1, 0.15) is 25.3 Å². The number of carbonyl (C=O) groups is 2. The molecule has 2 aliphatic heterocycles. The Morgan fingerprint density at radius 2 is 2.35 bits per heavy atom. The fraction of sp³-hybridized carbons (Fsp3) is 0.312. The average molecular weight is 316 g/mol. The maximum Gasteiger partial charge on any atom is 0.513 e. The van der Waals surface area contributed by atoms with Gasteiger partial charge in [-0.25, -0.2) is 9.59 Å². The van der Waals surface area contributed by atoms with Crippen LogP contribution in [0.3, 0.4) is 0 Å². The first-order chi connectivity index (χ1) is 11.1. The summed E-state index contributed by atoms with van der Waals surface area (Å²) in [5.41, 5.74) is 2.48. The van der Waals surface area contributed by atoms with E-state index in [1.807, 2.05) is 6.07 Å². The molecule has 0 amide bonds. The van der Waals surface area contributed by atoms with E-state index in [1.165, 1.54) is 0 Å². The minimum Gasteiger partial charge on any atom is -0.456 e. The molecule has 2 aliphatic rings. The van der Waals surface area contributed by atoms with Crippen LogP contribution < -0.4 is 5.32 Å². The summed E-state index contributed by atoms with van der Waals surface area (Å²) >= 11 is 0. The lowest BCUT2D eigenvalue weighted by Crippen LogP contribution is -2.28. The number of esters is 1. The molecule has 1 N–H and O–H groups in total. The number of pyridine rings is 1. The lowest BCUT2D eigenvalue weighted by atomic mass is 9.86. The minimum atomic E-state index is -0.812. The van der Waals surface area contributed by atoms with Gasteiger partial charge >= 0.3 is 12.1 Å². The summed E-state index contributed by atoms with van der Waals surface area (Å²) in [6.07, 6.45) is 2.46. The number of dihydropyridines is 1. The molecule has 3 rings (SSSR count). The molecular weight excluding hydrogens is 300 g/mol. The van der Waals surface area contributed by atoms with Gasteiger partial charge in [-0.15, -0.1) is 0 Å². The van der Waals surface area contributed by atoms with Crippen molar-refractivity contribution >= 4 is 12.1 Å². The van der Waals surface area contributed by atoms with E-state index in [-0.39, 0.29) is 13.2 Å². The van der Waals surface area contributed by atoms with Crippen molar-refractivity contribution < 1.29 is 23.8 Å². The van der Waals surface area contributed by atoms with E-state index in [0.717, 1.165) is 5.56 Å². The molecule has 0 spiro atoms. The Morgan fingerprint density at radius 3 is 3.04 bits per heavy atom. The molecule has 0 aromatic carbocycles. The number of ether oxygens (including phenoxy) is 3. The summed E-state index contributed by atoms with van der Waals surface area (Å²) in [7, 11) is 0. The van der Waals surface area contributed by atoms with Crippen molar-refractivity contribution in [2.75, 3.05) is 13.2 Å².